The number of carbonyl (C=O) groups is 2. The summed E-state index contributed by atoms with van der Waals surface area (Å²) in [6.45, 7) is 0. The van der Waals surface area contributed by atoms with Crippen LogP contribution in [0.25, 0.3) is 21.8 Å². The molecule has 2 aromatic heterocycles. The van der Waals surface area contributed by atoms with Crippen molar-refractivity contribution in [1.82, 2.24) is 9.97 Å². The summed E-state index contributed by atoms with van der Waals surface area (Å²) in [5, 5.41) is 7.79. The lowest BCUT2D eigenvalue weighted by atomic mass is 10.0. The molecule has 5 aromatic rings. The number of nitrogens with two attached hydrogens (primary N) is 2. The fraction of sp³-hybridized carbons (Fsp3) is 0.143. The first-order chi connectivity index (χ1) is 17.5. The SMILES string of the molecule is N[C@@H](Cc1c[nH]c2ccccc12)C(=O)Nc1ccc(NC(=O)[C@@H](N)Cc2c[nH]c3ccccc23)cc1. The number of fused-ring (bicyclic) bond motifs is 2. The van der Waals surface area contributed by atoms with Crippen LogP contribution in [0.5, 0.6) is 0 Å². The van der Waals surface area contributed by atoms with E-state index >= 15 is 0 Å². The van der Waals surface area contributed by atoms with Gasteiger partial charge in [-0.25, -0.2) is 0 Å². The van der Waals surface area contributed by atoms with Crippen molar-refractivity contribution in [2.45, 2.75) is 24.9 Å². The lowest BCUT2D eigenvalue weighted by Crippen LogP contribution is -2.37. The molecule has 0 unspecified atom stereocenters. The van der Waals surface area contributed by atoms with E-state index in [-0.39, 0.29) is 11.8 Å². The van der Waals surface area contributed by atoms with Gasteiger partial charge in [-0.3, -0.25) is 9.59 Å². The number of hydrogen-bond donors (Lipinski definition) is 6. The van der Waals surface area contributed by atoms with Gasteiger partial charge in [0.2, 0.25) is 11.8 Å². The Morgan fingerprint density at radius 1 is 0.639 bits per heavy atom. The first-order valence-corrected chi connectivity index (χ1v) is 11.8. The largest absolute Gasteiger partial charge is 0.361 e. The average molecular weight is 481 g/mol. The topological polar surface area (TPSA) is 142 Å². The summed E-state index contributed by atoms with van der Waals surface area (Å²) in [7, 11) is 0. The van der Waals surface area contributed by atoms with Gasteiger partial charge in [0.15, 0.2) is 0 Å². The van der Waals surface area contributed by atoms with Crippen molar-refractivity contribution in [2.75, 3.05) is 10.6 Å². The number of para-hydroxylation sites is 2. The van der Waals surface area contributed by atoms with Crippen molar-refractivity contribution in [3.8, 4) is 0 Å². The molecule has 8 nitrogen and oxygen atoms in total. The van der Waals surface area contributed by atoms with E-state index in [2.05, 4.69) is 20.6 Å². The predicted octanol–water partition coefficient (Wildman–Crippen LogP) is 3.67. The maximum atomic E-state index is 12.6. The van der Waals surface area contributed by atoms with Crippen LogP contribution in [-0.2, 0) is 22.4 Å². The van der Waals surface area contributed by atoms with Crippen LogP contribution in [-0.4, -0.2) is 33.9 Å². The van der Waals surface area contributed by atoms with E-state index in [1.807, 2.05) is 60.9 Å². The van der Waals surface area contributed by atoms with Crippen LogP contribution in [0.4, 0.5) is 11.4 Å². The summed E-state index contributed by atoms with van der Waals surface area (Å²) in [6, 6.07) is 21.3. The van der Waals surface area contributed by atoms with E-state index in [0.29, 0.717) is 24.2 Å². The maximum absolute atomic E-state index is 12.6. The van der Waals surface area contributed by atoms with Gasteiger partial charge in [-0.05, 0) is 60.4 Å². The molecule has 0 spiro atoms. The Balaban J connectivity index is 1.15. The quantitative estimate of drug-likeness (QED) is 0.201. The van der Waals surface area contributed by atoms with Crippen molar-refractivity contribution in [2.24, 2.45) is 11.5 Å². The predicted molar refractivity (Wildman–Crippen MR) is 144 cm³/mol. The maximum Gasteiger partial charge on any atom is 0.241 e. The van der Waals surface area contributed by atoms with Crippen LogP contribution in [0.3, 0.4) is 0 Å². The van der Waals surface area contributed by atoms with Crippen LogP contribution >= 0.6 is 0 Å². The molecule has 2 heterocycles. The molecule has 0 bridgehead atoms. The van der Waals surface area contributed by atoms with Gasteiger partial charge >= 0.3 is 0 Å². The third kappa shape index (κ3) is 5.00. The number of aromatic amines is 2. The molecule has 0 aliphatic carbocycles. The van der Waals surface area contributed by atoms with Crippen molar-refractivity contribution in [3.05, 3.63) is 96.3 Å². The van der Waals surface area contributed by atoms with Gasteiger partial charge in [-0.15, -0.1) is 0 Å². The second-order valence-electron chi connectivity index (χ2n) is 8.90. The number of benzene rings is 3. The number of rotatable bonds is 8. The van der Waals surface area contributed by atoms with E-state index in [4.69, 9.17) is 11.5 Å². The van der Waals surface area contributed by atoms with Crippen LogP contribution in [0.1, 0.15) is 11.1 Å². The molecule has 0 radical (unpaired) electrons. The Bertz CT molecular complexity index is 1400. The smallest absolute Gasteiger partial charge is 0.241 e. The first kappa shape index (κ1) is 23.3. The summed E-state index contributed by atoms with van der Waals surface area (Å²) in [6.07, 6.45) is 4.60. The molecule has 0 fully saturated rings. The fourth-order valence-corrected chi connectivity index (χ4v) is 4.37. The molecular weight excluding hydrogens is 452 g/mol. The van der Waals surface area contributed by atoms with Crippen molar-refractivity contribution in [3.63, 3.8) is 0 Å². The van der Waals surface area contributed by atoms with E-state index < -0.39 is 12.1 Å². The number of H-pyrrole nitrogens is 2. The van der Waals surface area contributed by atoms with Crippen molar-refractivity contribution >= 4 is 45.0 Å². The van der Waals surface area contributed by atoms with E-state index in [1.54, 1.807) is 24.3 Å². The van der Waals surface area contributed by atoms with Gasteiger partial charge in [0.05, 0.1) is 12.1 Å². The molecule has 8 N–H and O–H groups in total. The zero-order valence-electron chi connectivity index (χ0n) is 19.6. The Kier molecular flexibility index (Phi) is 6.53. The first-order valence-electron chi connectivity index (χ1n) is 11.8. The lowest BCUT2D eigenvalue weighted by molar-refractivity contribution is -0.118. The van der Waals surface area contributed by atoms with Gasteiger partial charge in [-0.1, -0.05) is 36.4 Å². The Morgan fingerprint density at radius 2 is 1.03 bits per heavy atom. The summed E-state index contributed by atoms with van der Waals surface area (Å²) in [4.78, 5) is 31.7. The number of hydrogen-bond acceptors (Lipinski definition) is 4. The zero-order valence-corrected chi connectivity index (χ0v) is 19.6. The molecule has 0 aliphatic rings. The van der Waals surface area contributed by atoms with Crippen molar-refractivity contribution < 1.29 is 9.59 Å². The molecule has 2 amide bonds. The third-order valence-corrected chi connectivity index (χ3v) is 6.32. The second kappa shape index (κ2) is 10.1. The van der Waals surface area contributed by atoms with Gasteiger partial charge in [0.1, 0.15) is 0 Å². The minimum atomic E-state index is -0.703. The monoisotopic (exact) mass is 480 g/mol. The van der Waals surface area contributed by atoms with Gasteiger partial charge < -0.3 is 32.1 Å². The summed E-state index contributed by atoms with van der Waals surface area (Å²) in [5.74, 6) is -0.560. The molecule has 0 aliphatic heterocycles. The van der Waals surface area contributed by atoms with Crippen LogP contribution in [0, 0.1) is 0 Å². The second-order valence-corrected chi connectivity index (χ2v) is 8.90. The van der Waals surface area contributed by atoms with E-state index in [9.17, 15) is 9.59 Å². The van der Waals surface area contributed by atoms with Gasteiger partial charge in [0.25, 0.3) is 0 Å². The Morgan fingerprint density at radius 3 is 1.44 bits per heavy atom. The Labute approximate surface area is 208 Å². The van der Waals surface area contributed by atoms with E-state index in [0.717, 1.165) is 32.9 Å². The van der Waals surface area contributed by atoms with Gasteiger partial charge in [-0.2, -0.15) is 0 Å². The normalized spacial score (nSPS) is 12.9. The van der Waals surface area contributed by atoms with Gasteiger partial charge in [0, 0.05) is 45.6 Å². The molecular formula is C28H28N6O2. The highest BCUT2D eigenvalue weighted by Gasteiger charge is 2.18. The van der Waals surface area contributed by atoms with Crippen LogP contribution < -0.4 is 22.1 Å². The standard InChI is InChI=1S/C28H28N6O2/c29-23(13-17-15-31-25-7-3-1-5-21(17)25)27(35)33-19-9-11-20(12-10-19)34-28(36)24(30)14-18-16-32-26-8-4-2-6-22(18)26/h1-12,15-16,23-24,31-32H,13-14,29-30H2,(H,33,35)(H,34,36)/t23-,24-/m0/s1. The summed E-state index contributed by atoms with van der Waals surface area (Å²) in [5.41, 5.74) is 17.5. The molecule has 0 saturated carbocycles. The number of anilines is 2. The molecule has 8 heteroatoms. The minimum absolute atomic E-state index is 0.280. The van der Waals surface area contributed by atoms with Crippen LogP contribution in [0.15, 0.2) is 85.2 Å². The highest BCUT2D eigenvalue weighted by molar-refractivity contribution is 5.97. The number of nitrogens with one attached hydrogen (secondary N) is 4. The molecule has 36 heavy (non-hydrogen) atoms. The minimum Gasteiger partial charge on any atom is -0.361 e. The van der Waals surface area contributed by atoms with E-state index in [1.165, 1.54) is 0 Å². The highest BCUT2D eigenvalue weighted by Crippen LogP contribution is 2.21. The summed E-state index contributed by atoms with van der Waals surface area (Å²) < 4.78 is 0. The number of carbonyl (C=O) groups excluding carboxylic acids is 2. The number of aromatic nitrogens is 2. The lowest BCUT2D eigenvalue weighted by Gasteiger charge is -2.14. The molecule has 0 saturated heterocycles. The van der Waals surface area contributed by atoms with Crippen LogP contribution in [0.2, 0.25) is 0 Å². The average Bonchev–Trinajstić information content (AvgIpc) is 3.49. The molecule has 182 valence electrons. The number of amides is 2. The molecule has 5 rings (SSSR count). The molecule has 2 atom stereocenters. The Hall–Kier alpha value is -4.40. The molecule has 3 aromatic carbocycles. The van der Waals surface area contributed by atoms with Crippen molar-refractivity contribution in [1.29, 1.82) is 0 Å². The highest BCUT2D eigenvalue weighted by atomic mass is 16.2. The zero-order chi connectivity index (χ0) is 25.1. The summed E-state index contributed by atoms with van der Waals surface area (Å²) >= 11 is 0. The fourth-order valence-electron chi connectivity index (χ4n) is 4.37. The third-order valence-electron chi connectivity index (χ3n) is 6.32.